The van der Waals surface area contributed by atoms with Crippen molar-refractivity contribution >= 4 is 10.5 Å². The van der Waals surface area contributed by atoms with Crippen molar-refractivity contribution in [2.45, 2.75) is 13.8 Å². The van der Waals surface area contributed by atoms with Gasteiger partial charge < -0.3 is 4.18 Å². The zero-order chi connectivity index (χ0) is 8.20. The second-order valence-electron chi connectivity index (χ2n) is 2.46. The molecule has 0 rings (SSSR count). The normalized spacial score (nSPS) is 14.2. The largest absolute Gasteiger partial charge is 0.327 e. The van der Waals surface area contributed by atoms with Crippen LogP contribution in [0.2, 0.25) is 0 Å². The zero-order valence-electron chi connectivity index (χ0n) is 7.68. The summed E-state index contributed by atoms with van der Waals surface area (Å²) in [6.07, 6.45) is 4.33. The molecule has 0 atom stereocenters. The Balaban J connectivity index is 3.97. The van der Waals surface area contributed by atoms with Gasteiger partial charge in [0.25, 0.3) is 0 Å². The number of rotatable bonds is 4. The van der Waals surface area contributed by atoms with Crippen molar-refractivity contribution in [3.8, 4) is 0 Å². The van der Waals surface area contributed by atoms with E-state index in [0.717, 1.165) is 13.1 Å². The van der Waals surface area contributed by atoms with E-state index >= 15 is 0 Å². The van der Waals surface area contributed by atoms with Gasteiger partial charge in [-0.1, -0.05) is 24.3 Å². The van der Waals surface area contributed by atoms with E-state index in [1.54, 1.807) is 7.11 Å². The molecule has 0 amide bonds. The van der Waals surface area contributed by atoms with Crippen LogP contribution >= 0.6 is 10.5 Å². The smallest absolute Gasteiger partial charge is 0.0497 e. The molecule has 0 aromatic rings. The molecule has 0 bridgehead atoms. The van der Waals surface area contributed by atoms with Gasteiger partial charge >= 0.3 is 0 Å². The van der Waals surface area contributed by atoms with E-state index in [0.29, 0.717) is 0 Å². The Morgan fingerprint density at radius 3 is 1.70 bits per heavy atom. The zero-order valence-corrected chi connectivity index (χ0v) is 8.49. The predicted octanol–water partition coefficient (Wildman–Crippen LogP) is 1.87. The van der Waals surface area contributed by atoms with Crippen molar-refractivity contribution in [2.75, 3.05) is 32.7 Å². The van der Waals surface area contributed by atoms with Crippen molar-refractivity contribution in [1.29, 1.82) is 0 Å². The first kappa shape index (κ1) is 10.3. The van der Waals surface area contributed by atoms with Gasteiger partial charge in [0.1, 0.15) is 0 Å². The molecule has 0 saturated carbocycles. The Labute approximate surface area is 66.2 Å². The van der Waals surface area contributed by atoms with E-state index < -0.39 is 10.5 Å². The van der Waals surface area contributed by atoms with Gasteiger partial charge in [0.15, 0.2) is 0 Å². The van der Waals surface area contributed by atoms with Gasteiger partial charge in [-0.05, 0) is 12.5 Å². The summed E-state index contributed by atoms with van der Waals surface area (Å²) in [6, 6.07) is 0. The van der Waals surface area contributed by atoms with Gasteiger partial charge in [0, 0.05) is 20.2 Å². The molecule has 0 N–H and O–H groups in total. The van der Waals surface area contributed by atoms with Crippen LogP contribution in [0.1, 0.15) is 13.8 Å². The summed E-state index contributed by atoms with van der Waals surface area (Å²) in [5, 5.41) is 0. The molecule has 0 aromatic carbocycles. The van der Waals surface area contributed by atoms with Gasteiger partial charge in [-0.2, -0.15) is 0 Å². The minimum absolute atomic E-state index is 0.927. The first-order chi connectivity index (χ1) is 4.58. The standard InChI is InChI=1S/C7H19NOS/c1-6-8(7-2)10(4,5)9-3/h6-7H2,1-5H3. The maximum absolute atomic E-state index is 5.39. The topological polar surface area (TPSA) is 12.5 Å². The molecule has 0 radical (unpaired) electrons. The maximum atomic E-state index is 5.39. The Kier molecular flexibility index (Phi) is 4.32. The SMILES string of the molecule is CCN(CC)S(C)(C)OC. The number of hydrogen-bond acceptors (Lipinski definition) is 2. The molecule has 0 unspecified atom stereocenters. The highest BCUT2D eigenvalue weighted by atomic mass is 32.3. The van der Waals surface area contributed by atoms with Crippen LogP contribution in [0.3, 0.4) is 0 Å². The number of hydrogen-bond donors (Lipinski definition) is 0. The van der Waals surface area contributed by atoms with Gasteiger partial charge in [0.05, 0.1) is 0 Å². The van der Waals surface area contributed by atoms with Gasteiger partial charge in [0.2, 0.25) is 0 Å². The molecule has 10 heavy (non-hydrogen) atoms. The van der Waals surface area contributed by atoms with E-state index in [4.69, 9.17) is 4.18 Å². The average molecular weight is 165 g/mol. The van der Waals surface area contributed by atoms with Crippen LogP contribution in [0.4, 0.5) is 0 Å². The average Bonchev–Trinajstić information content (AvgIpc) is 1.90. The van der Waals surface area contributed by atoms with Crippen molar-refractivity contribution in [3.05, 3.63) is 0 Å². The number of nitrogens with zero attached hydrogens (tertiary/aromatic N) is 1. The second kappa shape index (κ2) is 4.21. The second-order valence-corrected chi connectivity index (χ2v) is 5.67. The van der Waals surface area contributed by atoms with Crippen LogP contribution in [0.5, 0.6) is 0 Å². The van der Waals surface area contributed by atoms with E-state index in [9.17, 15) is 0 Å². The Hall–Kier alpha value is 0.270. The van der Waals surface area contributed by atoms with Crippen molar-refractivity contribution in [2.24, 2.45) is 0 Å². The summed E-state index contributed by atoms with van der Waals surface area (Å²) >= 11 is 0. The Morgan fingerprint density at radius 2 is 1.60 bits per heavy atom. The van der Waals surface area contributed by atoms with Crippen LogP contribution in [0.25, 0.3) is 0 Å². The lowest BCUT2D eigenvalue weighted by atomic mass is 10.7. The van der Waals surface area contributed by atoms with Gasteiger partial charge in [-0.15, -0.1) is 0 Å². The summed E-state index contributed by atoms with van der Waals surface area (Å²) in [5.74, 6) is 0. The molecule has 0 aliphatic rings. The highest BCUT2D eigenvalue weighted by molar-refractivity contribution is 8.26. The molecule has 0 aliphatic heterocycles. The third-order valence-corrected chi connectivity index (χ3v) is 4.31. The molecular weight excluding hydrogens is 146 g/mol. The van der Waals surface area contributed by atoms with E-state index in [-0.39, 0.29) is 0 Å². The third kappa shape index (κ3) is 2.48. The monoisotopic (exact) mass is 165 g/mol. The summed E-state index contributed by atoms with van der Waals surface area (Å²) in [5.41, 5.74) is 0. The van der Waals surface area contributed by atoms with Crippen molar-refractivity contribution in [1.82, 2.24) is 4.31 Å². The molecule has 0 aliphatic carbocycles. The first-order valence-electron chi connectivity index (χ1n) is 3.62. The Bertz CT molecular complexity index is 91.6. The van der Waals surface area contributed by atoms with Crippen LogP contribution in [0.15, 0.2) is 0 Å². The molecule has 0 spiro atoms. The molecule has 2 nitrogen and oxygen atoms in total. The van der Waals surface area contributed by atoms with Crippen LogP contribution < -0.4 is 0 Å². The highest BCUT2D eigenvalue weighted by Crippen LogP contribution is 2.43. The summed E-state index contributed by atoms with van der Waals surface area (Å²) in [6.45, 7) is 6.48. The van der Waals surface area contributed by atoms with E-state index in [1.807, 2.05) is 0 Å². The predicted molar refractivity (Wildman–Crippen MR) is 49.4 cm³/mol. The molecular formula is C7H19NOS. The fraction of sp³-hybridized carbons (Fsp3) is 1.00. The molecule has 0 fully saturated rings. The summed E-state index contributed by atoms with van der Waals surface area (Å²) in [4.78, 5) is 0. The fourth-order valence-electron chi connectivity index (χ4n) is 0.951. The van der Waals surface area contributed by atoms with Crippen LogP contribution in [-0.4, -0.2) is 37.0 Å². The van der Waals surface area contributed by atoms with E-state index in [1.165, 1.54) is 0 Å². The Morgan fingerprint density at radius 1 is 1.20 bits per heavy atom. The maximum Gasteiger partial charge on any atom is 0.0497 e. The van der Waals surface area contributed by atoms with Crippen molar-refractivity contribution in [3.63, 3.8) is 0 Å². The lowest BCUT2D eigenvalue weighted by Gasteiger charge is -2.40. The van der Waals surface area contributed by atoms with Crippen molar-refractivity contribution < 1.29 is 4.18 Å². The highest BCUT2D eigenvalue weighted by Gasteiger charge is 2.16. The lowest BCUT2D eigenvalue weighted by Crippen LogP contribution is -2.27. The van der Waals surface area contributed by atoms with Gasteiger partial charge in [-0.3, -0.25) is 0 Å². The molecule has 0 saturated heterocycles. The quantitative estimate of drug-likeness (QED) is 0.630. The fourth-order valence-corrected chi connectivity index (χ4v) is 2.41. The van der Waals surface area contributed by atoms with Crippen LogP contribution in [0, 0.1) is 0 Å². The summed E-state index contributed by atoms with van der Waals surface area (Å²) < 4.78 is 7.74. The molecule has 3 heteroatoms. The van der Waals surface area contributed by atoms with E-state index in [2.05, 4.69) is 30.7 Å². The molecule has 0 aromatic heterocycles. The lowest BCUT2D eigenvalue weighted by molar-refractivity contribution is 0.395. The molecule has 0 heterocycles. The van der Waals surface area contributed by atoms with Gasteiger partial charge in [-0.25, -0.2) is 4.31 Å². The third-order valence-electron chi connectivity index (χ3n) is 1.74. The summed E-state index contributed by atoms with van der Waals surface area (Å²) in [7, 11) is 0.858. The minimum atomic E-state index is -0.927. The first-order valence-corrected chi connectivity index (χ1v) is 5.95. The van der Waals surface area contributed by atoms with Crippen LogP contribution in [-0.2, 0) is 4.18 Å². The molecule has 64 valence electrons. The minimum Gasteiger partial charge on any atom is -0.327 e.